The Hall–Kier alpha value is -2.07. The standard InChI is InChI=1S/C27H43ClN4O5/c1-19-8-9-22(28)15-24(19)25(37-13-10-30-27(34)35-3)21-7-4-11-32(17-21)26(33)31-23(16-29-2)14-20-6-5-12-36-18-20/h8-9,15,20-21,23,25,29H,4-7,10-14,16-18H2,1-3H3,(H,30,34)(H,31,33)/t20-,21-,23+,25-/m1/s1. The summed E-state index contributed by atoms with van der Waals surface area (Å²) in [6.45, 7) is 6.32. The van der Waals surface area contributed by atoms with Gasteiger partial charge in [0, 0.05) is 56.4 Å². The van der Waals surface area contributed by atoms with Crippen LogP contribution in [0.15, 0.2) is 18.2 Å². The molecule has 0 spiro atoms. The zero-order chi connectivity index (χ0) is 26.6. The lowest BCUT2D eigenvalue weighted by molar-refractivity contribution is -0.00907. The number of alkyl carbamates (subject to hydrolysis) is 1. The molecule has 3 N–H and O–H groups in total. The number of likely N-dealkylation sites (tertiary alicyclic amines) is 1. The van der Waals surface area contributed by atoms with Crippen LogP contribution < -0.4 is 16.0 Å². The molecule has 208 valence electrons. The molecule has 2 fully saturated rings. The highest BCUT2D eigenvalue weighted by Crippen LogP contribution is 2.35. The van der Waals surface area contributed by atoms with E-state index in [0.717, 1.165) is 63.0 Å². The van der Waals surface area contributed by atoms with Gasteiger partial charge in [-0.3, -0.25) is 0 Å². The molecule has 1 aromatic carbocycles. The van der Waals surface area contributed by atoms with Crippen molar-refractivity contribution in [2.45, 2.75) is 51.2 Å². The first-order valence-corrected chi connectivity index (χ1v) is 13.8. The molecule has 2 aliphatic heterocycles. The summed E-state index contributed by atoms with van der Waals surface area (Å²) in [5.74, 6) is 0.577. The lowest BCUT2D eigenvalue weighted by Crippen LogP contribution is -2.52. The van der Waals surface area contributed by atoms with Gasteiger partial charge >= 0.3 is 12.1 Å². The Morgan fingerprint density at radius 2 is 2.11 bits per heavy atom. The topological polar surface area (TPSA) is 101 Å². The van der Waals surface area contributed by atoms with Gasteiger partial charge in [0.2, 0.25) is 0 Å². The Balaban J connectivity index is 1.66. The minimum Gasteiger partial charge on any atom is -0.453 e. The number of urea groups is 1. The first-order valence-electron chi connectivity index (χ1n) is 13.4. The van der Waals surface area contributed by atoms with Crippen LogP contribution in [0.5, 0.6) is 0 Å². The van der Waals surface area contributed by atoms with E-state index in [1.54, 1.807) is 0 Å². The quantitative estimate of drug-likeness (QED) is 0.370. The van der Waals surface area contributed by atoms with Gasteiger partial charge in [0.1, 0.15) is 0 Å². The minimum atomic E-state index is -0.490. The first-order chi connectivity index (χ1) is 17.9. The molecule has 2 saturated heterocycles. The Morgan fingerprint density at radius 3 is 2.84 bits per heavy atom. The van der Waals surface area contributed by atoms with Crippen molar-refractivity contribution < 1.29 is 23.8 Å². The summed E-state index contributed by atoms with van der Waals surface area (Å²) in [5, 5.41) is 9.80. The van der Waals surface area contributed by atoms with Crippen LogP contribution in [0, 0.1) is 18.8 Å². The minimum absolute atomic E-state index is 0.0319. The second-order valence-electron chi connectivity index (χ2n) is 10.1. The fourth-order valence-corrected chi connectivity index (χ4v) is 5.53. The highest BCUT2D eigenvalue weighted by molar-refractivity contribution is 6.30. The summed E-state index contributed by atoms with van der Waals surface area (Å²) < 4.78 is 16.6. The summed E-state index contributed by atoms with van der Waals surface area (Å²) >= 11 is 6.35. The van der Waals surface area contributed by atoms with Crippen LogP contribution in [-0.4, -0.2) is 83.2 Å². The summed E-state index contributed by atoms with van der Waals surface area (Å²) in [6.07, 6.45) is 4.22. The molecule has 10 heteroatoms. The van der Waals surface area contributed by atoms with Gasteiger partial charge in [0.05, 0.1) is 19.8 Å². The molecule has 37 heavy (non-hydrogen) atoms. The third-order valence-corrected chi connectivity index (χ3v) is 7.46. The van der Waals surface area contributed by atoms with Crippen LogP contribution in [0.25, 0.3) is 0 Å². The van der Waals surface area contributed by atoms with Crippen molar-refractivity contribution >= 4 is 23.7 Å². The molecule has 2 heterocycles. The van der Waals surface area contributed by atoms with Gasteiger partial charge in [-0.05, 0) is 75.3 Å². The van der Waals surface area contributed by atoms with Crippen LogP contribution >= 0.6 is 11.6 Å². The molecule has 3 amide bonds. The van der Waals surface area contributed by atoms with E-state index in [2.05, 4.69) is 20.7 Å². The Labute approximate surface area is 225 Å². The first kappa shape index (κ1) is 29.5. The Bertz CT molecular complexity index is 867. The van der Waals surface area contributed by atoms with Crippen molar-refractivity contribution in [3.8, 4) is 0 Å². The van der Waals surface area contributed by atoms with E-state index >= 15 is 0 Å². The van der Waals surface area contributed by atoms with Gasteiger partial charge in [-0.1, -0.05) is 17.7 Å². The average Bonchev–Trinajstić information content (AvgIpc) is 2.91. The number of carbonyl (C=O) groups excluding carboxylic acids is 2. The maximum Gasteiger partial charge on any atom is 0.406 e. The van der Waals surface area contributed by atoms with E-state index in [1.807, 2.05) is 37.1 Å². The van der Waals surface area contributed by atoms with Crippen LogP contribution in [0.3, 0.4) is 0 Å². The number of piperidine rings is 1. The maximum atomic E-state index is 13.4. The van der Waals surface area contributed by atoms with Gasteiger partial charge in [-0.15, -0.1) is 0 Å². The van der Waals surface area contributed by atoms with Gasteiger partial charge in [-0.25, -0.2) is 9.59 Å². The molecular formula is C27H43ClN4O5. The molecule has 0 aromatic heterocycles. The van der Waals surface area contributed by atoms with Crippen LogP contribution in [0.1, 0.15) is 49.3 Å². The summed E-state index contributed by atoms with van der Waals surface area (Å²) in [5.41, 5.74) is 2.10. The summed E-state index contributed by atoms with van der Waals surface area (Å²) in [7, 11) is 3.25. The largest absolute Gasteiger partial charge is 0.453 e. The van der Waals surface area contributed by atoms with Crippen LogP contribution in [0.4, 0.5) is 9.59 Å². The molecular weight excluding hydrogens is 496 g/mol. The van der Waals surface area contributed by atoms with E-state index in [1.165, 1.54) is 7.11 Å². The number of aryl methyl sites for hydroxylation is 1. The molecule has 0 aliphatic carbocycles. The van der Waals surface area contributed by atoms with Crippen molar-refractivity contribution in [2.75, 3.05) is 60.2 Å². The molecule has 2 aliphatic rings. The third kappa shape index (κ3) is 9.32. The molecule has 0 radical (unpaired) electrons. The number of ether oxygens (including phenoxy) is 3. The highest BCUT2D eigenvalue weighted by atomic mass is 35.5. The lowest BCUT2D eigenvalue weighted by Gasteiger charge is -2.38. The number of likely N-dealkylation sites (N-methyl/N-ethyl adjacent to an activating group) is 1. The monoisotopic (exact) mass is 538 g/mol. The zero-order valence-corrected chi connectivity index (χ0v) is 23.1. The second-order valence-corrected chi connectivity index (χ2v) is 10.5. The number of benzene rings is 1. The van der Waals surface area contributed by atoms with E-state index < -0.39 is 6.09 Å². The third-order valence-electron chi connectivity index (χ3n) is 7.23. The Morgan fingerprint density at radius 1 is 1.27 bits per heavy atom. The normalized spacial score (nSPS) is 21.7. The summed E-state index contributed by atoms with van der Waals surface area (Å²) in [4.78, 5) is 26.7. The van der Waals surface area contributed by atoms with Crippen molar-refractivity contribution in [1.82, 2.24) is 20.9 Å². The number of hydrogen-bond acceptors (Lipinski definition) is 6. The predicted molar refractivity (Wildman–Crippen MR) is 144 cm³/mol. The van der Waals surface area contributed by atoms with Gasteiger partial charge in [0.15, 0.2) is 0 Å². The van der Waals surface area contributed by atoms with E-state index in [0.29, 0.717) is 37.2 Å². The van der Waals surface area contributed by atoms with E-state index in [-0.39, 0.29) is 24.1 Å². The van der Waals surface area contributed by atoms with Gasteiger partial charge < -0.3 is 35.1 Å². The van der Waals surface area contributed by atoms with Crippen LogP contribution in [0.2, 0.25) is 5.02 Å². The second kappa shape index (κ2) is 15.4. The molecule has 4 atom stereocenters. The van der Waals surface area contributed by atoms with Crippen molar-refractivity contribution in [2.24, 2.45) is 11.8 Å². The SMILES string of the molecule is CNC[C@H](C[C@H]1CCCOC1)NC(=O)N1CCC[C@@H]([C@@H](OCCNC(=O)OC)c2cc(Cl)ccc2C)C1. The average molecular weight is 539 g/mol. The number of halogens is 1. The summed E-state index contributed by atoms with van der Waals surface area (Å²) in [6, 6.07) is 5.83. The van der Waals surface area contributed by atoms with Crippen molar-refractivity contribution in [3.05, 3.63) is 34.3 Å². The maximum absolute atomic E-state index is 13.4. The van der Waals surface area contributed by atoms with Gasteiger partial charge in [0.25, 0.3) is 0 Å². The zero-order valence-electron chi connectivity index (χ0n) is 22.4. The fourth-order valence-electron chi connectivity index (χ4n) is 5.35. The Kier molecular flexibility index (Phi) is 12.2. The number of carbonyl (C=O) groups is 2. The number of rotatable bonds is 11. The van der Waals surface area contributed by atoms with E-state index in [4.69, 9.17) is 21.1 Å². The molecule has 1 aromatic rings. The number of amides is 3. The van der Waals surface area contributed by atoms with Crippen molar-refractivity contribution in [1.29, 1.82) is 0 Å². The number of nitrogens with one attached hydrogen (secondary N) is 3. The molecule has 0 bridgehead atoms. The molecule has 9 nitrogen and oxygen atoms in total. The predicted octanol–water partition coefficient (Wildman–Crippen LogP) is 3.89. The van der Waals surface area contributed by atoms with Crippen molar-refractivity contribution in [3.63, 3.8) is 0 Å². The fraction of sp³-hybridized carbons (Fsp3) is 0.704. The highest BCUT2D eigenvalue weighted by Gasteiger charge is 2.33. The molecule has 0 unspecified atom stereocenters. The molecule has 3 rings (SSSR count). The number of hydrogen-bond donors (Lipinski definition) is 3. The molecule has 0 saturated carbocycles. The smallest absolute Gasteiger partial charge is 0.406 e. The van der Waals surface area contributed by atoms with Gasteiger partial charge in [-0.2, -0.15) is 0 Å². The number of nitrogens with zero attached hydrogens (tertiary/aromatic N) is 1. The van der Waals surface area contributed by atoms with Crippen LogP contribution in [-0.2, 0) is 14.2 Å². The number of methoxy groups -OCH3 is 1. The van der Waals surface area contributed by atoms with E-state index in [9.17, 15) is 9.59 Å². The lowest BCUT2D eigenvalue weighted by atomic mass is 9.86.